The molecule has 0 aromatic heterocycles. The Morgan fingerprint density at radius 1 is 0.897 bits per heavy atom. The molecule has 0 spiro atoms. The Kier molecular flexibility index (Phi) is 6.29. The number of nitrogens with one attached hydrogen (secondary N) is 2. The third-order valence-corrected chi connectivity index (χ3v) is 4.91. The van der Waals surface area contributed by atoms with Gasteiger partial charge in [-0.25, -0.2) is 0 Å². The molecule has 0 saturated heterocycles. The highest BCUT2D eigenvalue weighted by molar-refractivity contribution is 5.99. The maximum atomic E-state index is 12.8. The number of hydrogen-bond acceptors (Lipinski definition) is 6. The molecule has 7 nitrogen and oxygen atoms in total. The molecule has 29 heavy (non-hydrogen) atoms. The number of carbonyl (C=O) groups excluding carboxylic acids is 3. The fourth-order valence-corrected chi connectivity index (χ4v) is 3.31. The molecular formula is C22H20N2O5-2. The molecule has 0 radical (unpaired) electrons. The average Bonchev–Trinajstić information content (AvgIpc) is 2.73. The number of hydrogen-bond donors (Lipinski definition) is 2. The molecule has 2 atom stereocenters. The van der Waals surface area contributed by atoms with Crippen LogP contribution in [-0.4, -0.2) is 17.8 Å². The summed E-state index contributed by atoms with van der Waals surface area (Å²) in [6, 6.07) is 13.8. The summed E-state index contributed by atoms with van der Waals surface area (Å²) in [5, 5.41) is 28.4. The van der Waals surface area contributed by atoms with E-state index in [1.807, 2.05) is 30.3 Å². The van der Waals surface area contributed by atoms with E-state index in [1.54, 1.807) is 18.2 Å². The number of anilines is 2. The second-order valence-corrected chi connectivity index (χ2v) is 6.85. The highest BCUT2D eigenvalue weighted by Crippen LogP contribution is 2.29. The summed E-state index contributed by atoms with van der Waals surface area (Å²) in [6.07, 6.45) is 3.97. The van der Waals surface area contributed by atoms with Gasteiger partial charge in [0.05, 0.1) is 23.3 Å². The van der Waals surface area contributed by atoms with Crippen LogP contribution in [0.1, 0.15) is 28.8 Å². The second kappa shape index (κ2) is 9.05. The summed E-state index contributed by atoms with van der Waals surface area (Å²) >= 11 is 0. The van der Waals surface area contributed by atoms with Crippen LogP contribution >= 0.6 is 0 Å². The molecule has 0 aliphatic heterocycles. The van der Waals surface area contributed by atoms with Gasteiger partial charge in [0.1, 0.15) is 0 Å². The van der Waals surface area contributed by atoms with Crippen molar-refractivity contribution in [2.24, 2.45) is 11.8 Å². The van der Waals surface area contributed by atoms with Crippen molar-refractivity contribution in [2.45, 2.75) is 19.4 Å². The molecule has 0 heterocycles. The van der Waals surface area contributed by atoms with Crippen molar-refractivity contribution < 1.29 is 24.6 Å². The summed E-state index contributed by atoms with van der Waals surface area (Å²) in [5.74, 6) is -4.87. The molecular weight excluding hydrogens is 372 g/mol. The quantitative estimate of drug-likeness (QED) is 0.676. The van der Waals surface area contributed by atoms with E-state index in [9.17, 15) is 24.6 Å². The Bertz CT molecular complexity index is 939. The Morgan fingerprint density at radius 2 is 1.59 bits per heavy atom. The number of carbonyl (C=O) groups is 3. The van der Waals surface area contributed by atoms with Crippen molar-refractivity contribution in [1.82, 2.24) is 0 Å². The molecule has 0 bridgehead atoms. The van der Waals surface area contributed by atoms with Gasteiger partial charge >= 0.3 is 0 Å². The van der Waals surface area contributed by atoms with Gasteiger partial charge in [-0.1, -0.05) is 48.6 Å². The van der Waals surface area contributed by atoms with Crippen LogP contribution in [0.15, 0.2) is 60.7 Å². The van der Waals surface area contributed by atoms with Gasteiger partial charge in [-0.15, -0.1) is 0 Å². The van der Waals surface area contributed by atoms with Crippen LogP contribution in [0.4, 0.5) is 11.4 Å². The molecule has 2 N–H and O–H groups in total. The van der Waals surface area contributed by atoms with Crippen LogP contribution in [0.5, 0.6) is 0 Å². The molecule has 0 fully saturated rings. The lowest BCUT2D eigenvalue weighted by molar-refractivity contribution is -0.313. The zero-order chi connectivity index (χ0) is 20.8. The number of carboxylic acid groups (broad SMARTS) is 2. The summed E-state index contributed by atoms with van der Waals surface area (Å²) < 4.78 is 0. The molecule has 3 rings (SSSR count). The molecule has 0 saturated carbocycles. The lowest BCUT2D eigenvalue weighted by atomic mass is 9.82. The molecule has 0 unspecified atom stereocenters. The van der Waals surface area contributed by atoms with Gasteiger partial charge in [0.2, 0.25) is 5.91 Å². The highest BCUT2D eigenvalue weighted by atomic mass is 16.4. The first-order valence-electron chi connectivity index (χ1n) is 9.25. The molecule has 1 amide bonds. The second-order valence-electron chi connectivity index (χ2n) is 6.85. The van der Waals surface area contributed by atoms with E-state index < -0.39 is 29.7 Å². The maximum Gasteiger partial charge on any atom is 0.228 e. The molecule has 150 valence electrons. The average molecular weight is 392 g/mol. The van der Waals surface area contributed by atoms with E-state index in [4.69, 9.17) is 0 Å². The largest absolute Gasteiger partial charge is 0.550 e. The van der Waals surface area contributed by atoms with Gasteiger partial charge in [0, 0.05) is 18.4 Å². The van der Waals surface area contributed by atoms with Gasteiger partial charge < -0.3 is 30.4 Å². The van der Waals surface area contributed by atoms with Gasteiger partial charge in [0.15, 0.2) is 0 Å². The van der Waals surface area contributed by atoms with Crippen LogP contribution in [-0.2, 0) is 16.1 Å². The number of benzene rings is 2. The van der Waals surface area contributed by atoms with E-state index in [1.165, 1.54) is 12.1 Å². The van der Waals surface area contributed by atoms with Gasteiger partial charge in [-0.05, 0) is 36.1 Å². The third-order valence-electron chi connectivity index (χ3n) is 4.91. The highest BCUT2D eigenvalue weighted by Gasteiger charge is 2.30. The first-order chi connectivity index (χ1) is 14.0. The monoisotopic (exact) mass is 392 g/mol. The number of aliphatic carboxylic acids is 1. The molecule has 7 heteroatoms. The van der Waals surface area contributed by atoms with Gasteiger partial charge in [-0.2, -0.15) is 0 Å². The SMILES string of the molecule is O=C([O-])c1ccc(NCc2ccccc2)c(NC(=O)[C@H]2CC=CC[C@H]2C(=O)[O-])c1. The number of aromatic carboxylic acids is 1. The fourth-order valence-electron chi connectivity index (χ4n) is 3.31. The van der Waals surface area contributed by atoms with Crippen LogP contribution in [0.3, 0.4) is 0 Å². The normalized spacial score (nSPS) is 18.1. The van der Waals surface area contributed by atoms with Crippen LogP contribution in [0.25, 0.3) is 0 Å². The Hall–Kier alpha value is -3.61. The fraction of sp³-hybridized carbons (Fsp3) is 0.227. The molecule has 2 aromatic rings. The van der Waals surface area contributed by atoms with E-state index >= 15 is 0 Å². The minimum atomic E-state index is -1.37. The number of allylic oxidation sites excluding steroid dienone is 2. The van der Waals surface area contributed by atoms with Gasteiger partial charge in [0.25, 0.3) is 0 Å². The summed E-state index contributed by atoms with van der Waals surface area (Å²) in [5.41, 5.74) is 1.68. The molecule has 1 aliphatic rings. The molecule has 2 aromatic carbocycles. The predicted octanol–water partition coefficient (Wildman–Crippen LogP) is 0.933. The number of rotatable bonds is 7. The minimum absolute atomic E-state index is 0.0921. The topological polar surface area (TPSA) is 121 Å². The zero-order valence-electron chi connectivity index (χ0n) is 15.6. The summed E-state index contributed by atoms with van der Waals surface area (Å²) in [6.45, 7) is 0.461. The minimum Gasteiger partial charge on any atom is -0.550 e. The standard InChI is InChI=1S/C22H22N2O5/c25-20(16-8-4-5-9-17(16)22(28)29)24-19-12-15(21(26)27)10-11-18(19)23-13-14-6-2-1-3-7-14/h1-7,10-12,16-17,23H,8-9,13H2,(H,24,25)(H,26,27)(H,28,29)/p-2/t16-,17+/m0/s1. The van der Waals surface area contributed by atoms with Gasteiger partial charge in [-0.3, -0.25) is 4.79 Å². The van der Waals surface area contributed by atoms with Crippen LogP contribution in [0, 0.1) is 11.8 Å². The number of carboxylic acids is 2. The van der Waals surface area contributed by atoms with E-state index in [2.05, 4.69) is 10.6 Å². The smallest absolute Gasteiger partial charge is 0.228 e. The van der Waals surface area contributed by atoms with Crippen molar-refractivity contribution in [3.8, 4) is 0 Å². The maximum absolute atomic E-state index is 12.8. The lowest BCUT2D eigenvalue weighted by Crippen LogP contribution is -2.41. The van der Waals surface area contributed by atoms with E-state index in [-0.39, 0.29) is 24.1 Å². The predicted molar refractivity (Wildman–Crippen MR) is 104 cm³/mol. The van der Waals surface area contributed by atoms with Crippen molar-refractivity contribution in [2.75, 3.05) is 10.6 Å². The molecule has 1 aliphatic carbocycles. The van der Waals surface area contributed by atoms with Crippen molar-refractivity contribution in [3.63, 3.8) is 0 Å². The zero-order valence-corrected chi connectivity index (χ0v) is 15.6. The summed E-state index contributed by atoms with van der Waals surface area (Å²) in [7, 11) is 0. The third kappa shape index (κ3) is 5.01. The first-order valence-corrected chi connectivity index (χ1v) is 9.25. The Balaban J connectivity index is 1.82. The Labute approximate surface area is 168 Å². The van der Waals surface area contributed by atoms with Crippen molar-refractivity contribution in [1.29, 1.82) is 0 Å². The number of amides is 1. The Morgan fingerprint density at radius 3 is 2.24 bits per heavy atom. The lowest BCUT2D eigenvalue weighted by Gasteiger charge is -2.28. The first kappa shape index (κ1) is 20.1. The van der Waals surface area contributed by atoms with E-state index in [0.717, 1.165) is 5.56 Å². The van der Waals surface area contributed by atoms with E-state index in [0.29, 0.717) is 12.2 Å². The van der Waals surface area contributed by atoms with Crippen molar-refractivity contribution >= 4 is 29.2 Å². The summed E-state index contributed by atoms with van der Waals surface area (Å²) in [4.78, 5) is 35.4. The van der Waals surface area contributed by atoms with Crippen molar-refractivity contribution in [3.05, 3.63) is 71.8 Å². The van der Waals surface area contributed by atoms with Crippen LogP contribution < -0.4 is 20.8 Å². The van der Waals surface area contributed by atoms with Crippen LogP contribution in [0.2, 0.25) is 0 Å².